The van der Waals surface area contributed by atoms with Crippen LogP contribution in [0.15, 0.2) is 48.8 Å². The Bertz CT molecular complexity index is 1140. The summed E-state index contributed by atoms with van der Waals surface area (Å²) in [5.41, 5.74) is 3.04. The third kappa shape index (κ3) is 5.27. The van der Waals surface area contributed by atoms with Gasteiger partial charge in [-0.1, -0.05) is 0 Å². The zero-order valence-electron chi connectivity index (χ0n) is 18.4. The van der Waals surface area contributed by atoms with Crippen LogP contribution in [0.1, 0.15) is 26.5 Å². The van der Waals surface area contributed by atoms with Crippen molar-refractivity contribution in [1.82, 2.24) is 19.7 Å². The number of halogens is 3. The van der Waals surface area contributed by atoms with E-state index in [1.807, 2.05) is 37.6 Å². The van der Waals surface area contributed by atoms with Gasteiger partial charge in [0.15, 0.2) is 0 Å². The average molecular weight is 460 g/mol. The predicted molar refractivity (Wildman–Crippen MR) is 114 cm³/mol. The summed E-state index contributed by atoms with van der Waals surface area (Å²) in [6, 6.07) is 9.23. The average Bonchev–Trinajstić information content (AvgIpc) is 3.11. The van der Waals surface area contributed by atoms with Crippen LogP contribution >= 0.6 is 0 Å². The van der Waals surface area contributed by atoms with Gasteiger partial charge in [0.25, 0.3) is 0 Å². The van der Waals surface area contributed by atoms with Crippen molar-refractivity contribution in [2.45, 2.75) is 45.8 Å². The first-order chi connectivity index (χ1) is 15.5. The second kappa shape index (κ2) is 8.42. The molecule has 0 saturated carbocycles. The zero-order valence-corrected chi connectivity index (χ0v) is 18.4. The normalized spacial score (nSPS) is 14.1. The minimum absolute atomic E-state index is 0.287. The molecule has 3 heterocycles. The molecule has 1 aliphatic heterocycles. The van der Waals surface area contributed by atoms with Crippen molar-refractivity contribution < 1.29 is 27.4 Å². The summed E-state index contributed by atoms with van der Waals surface area (Å²) < 4.78 is 48.9. The predicted octanol–water partition coefficient (Wildman–Crippen LogP) is 5.26. The summed E-state index contributed by atoms with van der Waals surface area (Å²) in [5, 5.41) is 4.72. The number of carbonyl (C=O) groups excluding carboxylic acids is 1. The number of hydrogen-bond donors (Lipinski definition) is 0. The fourth-order valence-electron chi connectivity index (χ4n) is 3.64. The Morgan fingerprint density at radius 1 is 0.970 bits per heavy atom. The number of carbonyl (C=O) groups is 1. The lowest BCUT2D eigenvalue weighted by Crippen LogP contribution is -2.41. The van der Waals surface area contributed by atoms with Crippen LogP contribution in [0.4, 0.5) is 18.0 Å². The number of hydrogen-bond acceptors (Lipinski definition) is 5. The van der Waals surface area contributed by atoms with E-state index in [-0.39, 0.29) is 12.3 Å². The number of benzene rings is 1. The Labute approximate surface area is 188 Å². The summed E-state index contributed by atoms with van der Waals surface area (Å²) in [5.74, 6) is -0.309. The number of rotatable bonds is 3. The summed E-state index contributed by atoms with van der Waals surface area (Å²) in [6.45, 7) is 6.61. The molecule has 0 N–H and O–H groups in total. The number of alkyl halides is 3. The van der Waals surface area contributed by atoms with E-state index >= 15 is 0 Å². The fourth-order valence-corrected chi connectivity index (χ4v) is 3.64. The lowest BCUT2D eigenvalue weighted by atomic mass is 9.99. The summed E-state index contributed by atoms with van der Waals surface area (Å²) in [6.07, 6.45) is -1.87. The Morgan fingerprint density at radius 2 is 1.64 bits per heavy atom. The number of amides is 1. The fraction of sp³-hybridized carbons (Fsp3) is 0.348. The monoisotopic (exact) mass is 460 g/mol. The minimum atomic E-state index is -4.76. The highest BCUT2D eigenvalue weighted by atomic mass is 19.4. The molecule has 0 fully saturated rings. The van der Waals surface area contributed by atoms with Gasteiger partial charge in [0.1, 0.15) is 17.0 Å². The molecule has 1 amide bonds. The van der Waals surface area contributed by atoms with Gasteiger partial charge in [0.2, 0.25) is 0 Å². The maximum atomic E-state index is 12.7. The van der Waals surface area contributed by atoms with E-state index in [1.165, 1.54) is 24.3 Å². The Balaban J connectivity index is 1.72. The second-order valence-electron chi connectivity index (χ2n) is 8.60. The number of nitrogens with zero attached hydrogens (tertiary/aromatic N) is 4. The molecule has 0 bridgehead atoms. The Kier molecular flexibility index (Phi) is 5.77. The van der Waals surface area contributed by atoms with E-state index in [0.29, 0.717) is 24.3 Å². The maximum Gasteiger partial charge on any atom is 0.573 e. The zero-order chi connectivity index (χ0) is 23.8. The molecular weight excluding hydrogens is 437 g/mol. The van der Waals surface area contributed by atoms with Crippen molar-refractivity contribution in [3.8, 4) is 28.1 Å². The molecule has 1 aromatic carbocycles. The van der Waals surface area contributed by atoms with Gasteiger partial charge in [0, 0.05) is 30.1 Å². The van der Waals surface area contributed by atoms with Crippen molar-refractivity contribution in [2.75, 3.05) is 6.54 Å². The largest absolute Gasteiger partial charge is 0.573 e. The van der Waals surface area contributed by atoms with Crippen LogP contribution in [0.3, 0.4) is 0 Å². The van der Waals surface area contributed by atoms with Crippen molar-refractivity contribution in [1.29, 1.82) is 0 Å². The van der Waals surface area contributed by atoms with E-state index in [4.69, 9.17) is 9.84 Å². The van der Waals surface area contributed by atoms with Gasteiger partial charge in [0.05, 0.1) is 18.8 Å². The number of fused-ring (bicyclic) bond motifs is 1. The Morgan fingerprint density at radius 3 is 2.24 bits per heavy atom. The molecule has 10 heteroatoms. The van der Waals surface area contributed by atoms with Gasteiger partial charge in [-0.05, 0) is 62.7 Å². The molecule has 0 aliphatic carbocycles. The van der Waals surface area contributed by atoms with E-state index in [9.17, 15) is 18.0 Å². The molecule has 4 rings (SSSR count). The molecule has 33 heavy (non-hydrogen) atoms. The first kappa shape index (κ1) is 22.6. The van der Waals surface area contributed by atoms with Gasteiger partial charge in [-0.15, -0.1) is 13.2 Å². The van der Waals surface area contributed by atoms with Gasteiger partial charge < -0.3 is 14.4 Å². The van der Waals surface area contributed by atoms with E-state index < -0.39 is 18.1 Å². The van der Waals surface area contributed by atoms with Gasteiger partial charge in [-0.25, -0.2) is 4.79 Å². The standard InChI is InChI=1S/C23H23F3N4O3/c1-22(2,3)33-21(31)29-12-13-30-18(14-29)19(15-8-10-27-11-9-15)20(28-30)16-4-6-17(7-5-16)32-23(24,25)26/h4-11H,12-14H2,1-3H3. The van der Waals surface area contributed by atoms with E-state index in [1.54, 1.807) is 17.3 Å². The highest BCUT2D eigenvalue weighted by molar-refractivity contribution is 5.83. The topological polar surface area (TPSA) is 69.5 Å². The third-order valence-electron chi connectivity index (χ3n) is 4.96. The highest BCUT2D eigenvalue weighted by Gasteiger charge is 2.32. The first-order valence-corrected chi connectivity index (χ1v) is 10.3. The van der Waals surface area contributed by atoms with Crippen LogP contribution in [0.25, 0.3) is 22.4 Å². The highest BCUT2D eigenvalue weighted by Crippen LogP contribution is 2.37. The van der Waals surface area contributed by atoms with Crippen molar-refractivity contribution in [2.24, 2.45) is 0 Å². The molecule has 0 atom stereocenters. The van der Waals surface area contributed by atoms with Gasteiger partial charge in [-0.2, -0.15) is 5.10 Å². The summed E-state index contributed by atoms with van der Waals surface area (Å²) in [4.78, 5) is 18.3. The quantitative estimate of drug-likeness (QED) is 0.533. The molecule has 174 valence electrons. The SMILES string of the molecule is CC(C)(C)OC(=O)N1CCn2nc(-c3ccc(OC(F)(F)F)cc3)c(-c3ccncc3)c2C1. The second-order valence-corrected chi connectivity index (χ2v) is 8.60. The van der Waals surface area contributed by atoms with Gasteiger partial charge >= 0.3 is 12.5 Å². The summed E-state index contributed by atoms with van der Waals surface area (Å²) >= 11 is 0. The molecule has 0 spiro atoms. The van der Waals surface area contributed by atoms with Crippen LogP contribution < -0.4 is 4.74 Å². The van der Waals surface area contributed by atoms with Crippen LogP contribution in [0, 0.1) is 0 Å². The summed E-state index contributed by atoms with van der Waals surface area (Å²) in [7, 11) is 0. The van der Waals surface area contributed by atoms with Crippen LogP contribution in [-0.2, 0) is 17.8 Å². The van der Waals surface area contributed by atoms with Crippen molar-refractivity contribution in [3.05, 3.63) is 54.5 Å². The number of pyridine rings is 1. The van der Waals surface area contributed by atoms with Gasteiger partial charge in [-0.3, -0.25) is 9.67 Å². The smallest absolute Gasteiger partial charge is 0.444 e. The maximum absolute atomic E-state index is 12.7. The van der Waals surface area contributed by atoms with Crippen molar-refractivity contribution in [3.63, 3.8) is 0 Å². The van der Waals surface area contributed by atoms with E-state index in [2.05, 4.69) is 9.72 Å². The third-order valence-corrected chi connectivity index (χ3v) is 4.96. The molecule has 2 aromatic heterocycles. The van der Waals surface area contributed by atoms with E-state index in [0.717, 1.165) is 16.8 Å². The van der Waals surface area contributed by atoms with Crippen LogP contribution in [0.5, 0.6) is 5.75 Å². The molecule has 1 aliphatic rings. The first-order valence-electron chi connectivity index (χ1n) is 10.3. The van der Waals surface area contributed by atoms with Crippen molar-refractivity contribution >= 4 is 6.09 Å². The molecule has 0 unspecified atom stereocenters. The molecule has 0 saturated heterocycles. The molecule has 3 aromatic rings. The molecular formula is C23H23F3N4O3. The lowest BCUT2D eigenvalue weighted by molar-refractivity contribution is -0.274. The Hall–Kier alpha value is -3.56. The van der Waals surface area contributed by atoms with Crippen LogP contribution in [0.2, 0.25) is 0 Å². The lowest BCUT2D eigenvalue weighted by Gasteiger charge is -2.30. The number of aromatic nitrogens is 3. The molecule has 7 nitrogen and oxygen atoms in total. The number of ether oxygens (including phenoxy) is 2. The van der Waals surface area contributed by atoms with Crippen LogP contribution in [-0.4, -0.2) is 44.3 Å². The molecule has 0 radical (unpaired) electrons. The minimum Gasteiger partial charge on any atom is -0.444 e.